The van der Waals surface area contributed by atoms with Gasteiger partial charge in [0.05, 0.1) is 16.8 Å². The van der Waals surface area contributed by atoms with Crippen molar-refractivity contribution in [3.05, 3.63) is 53.8 Å². The molecule has 1 aliphatic heterocycles. The first-order chi connectivity index (χ1) is 11.7. The Kier molecular flexibility index (Phi) is 4.46. The van der Waals surface area contributed by atoms with Crippen LogP contribution in [0.3, 0.4) is 0 Å². The lowest BCUT2D eigenvalue weighted by atomic mass is 10.0. The van der Waals surface area contributed by atoms with Gasteiger partial charge in [0.1, 0.15) is 5.82 Å². The summed E-state index contributed by atoms with van der Waals surface area (Å²) < 4.78 is 65.4. The number of nitrogens with zero attached hydrogens (tertiary/aromatic N) is 1. The molecule has 3 rings (SSSR count). The van der Waals surface area contributed by atoms with E-state index in [2.05, 4.69) is 4.72 Å². The number of fused-ring (bicyclic) bond motifs is 1. The molecule has 0 radical (unpaired) electrons. The third kappa shape index (κ3) is 3.77. The number of benzene rings is 2. The van der Waals surface area contributed by atoms with E-state index in [9.17, 15) is 21.2 Å². The van der Waals surface area contributed by atoms with Crippen LogP contribution in [0.5, 0.6) is 0 Å². The van der Waals surface area contributed by atoms with Gasteiger partial charge in [-0.05, 0) is 54.8 Å². The molecule has 6 nitrogen and oxygen atoms in total. The van der Waals surface area contributed by atoms with Gasteiger partial charge in [0.2, 0.25) is 10.0 Å². The van der Waals surface area contributed by atoms with Gasteiger partial charge in [-0.15, -0.1) is 0 Å². The summed E-state index contributed by atoms with van der Waals surface area (Å²) >= 11 is 0. The van der Waals surface area contributed by atoms with E-state index < -0.39 is 25.9 Å². The van der Waals surface area contributed by atoms with Gasteiger partial charge < -0.3 is 0 Å². The van der Waals surface area contributed by atoms with Gasteiger partial charge in [-0.1, -0.05) is 6.07 Å². The van der Waals surface area contributed by atoms with Crippen LogP contribution in [-0.2, 0) is 26.5 Å². The molecular weight excluding hydrogens is 367 g/mol. The molecule has 0 saturated carbocycles. The second kappa shape index (κ2) is 6.30. The fourth-order valence-corrected chi connectivity index (χ4v) is 4.90. The van der Waals surface area contributed by atoms with E-state index in [1.165, 1.54) is 22.5 Å². The van der Waals surface area contributed by atoms with Crippen LogP contribution in [0.1, 0.15) is 12.0 Å². The van der Waals surface area contributed by atoms with Gasteiger partial charge in [-0.2, -0.15) is 0 Å². The van der Waals surface area contributed by atoms with Gasteiger partial charge in [-0.25, -0.2) is 21.2 Å². The maximum absolute atomic E-state index is 13.3. The molecule has 25 heavy (non-hydrogen) atoms. The molecule has 0 fully saturated rings. The fraction of sp³-hybridized carbons (Fsp3) is 0.250. The largest absolute Gasteiger partial charge is 0.280 e. The standard InChI is InChI=1S/C16H17FN2O4S2/c1-24(20,21)19-9-3-4-12-10-14(7-8-16(12)19)18-25(22,23)15-6-2-5-13(17)11-15/h2,5-8,10-11,18H,3-4,9H2,1H3. The summed E-state index contributed by atoms with van der Waals surface area (Å²) in [6.45, 7) is 0.403. The SMILES string of the molecule is CS(=O)(=O)N1CCCc2cc(NS(=O)(=O)c3cccc(F)c3)ccc21. The maximum Gasteiger partial charge on any atom is 0.261 e. The zero-order chi connectivity index (χ0) is 18.2. The topological polar surface area (TPSA) is 83.6 Å². The highest BCUT2D eigenvalue weighted by Gasteiger charge is 2.24. The van der Waals surface area contributed by atoms with Crippen molar-refractivity contribution in [1.82, 2.24) is 0 Å². The molecule has 0 aliphatic carbocycles. The van der Waals surface area contributed by atoms with Crippen molar-refractivity contribution < 1.29 is 21.2 Å². The van der Waals surface area contributed by atoms with Gasteiger partial charge >= 0.3 is 0 Å². The molecule has 0 atom stereocenters. The van der Waals surface area contributed by atoms with Crippen molar-refractivity contribution in [3.8, 4) is 0 Å². The summed E-state index contributed by atoms with van der Waals surface area (Å²) in [6, 6.07) is 9.42. The number of hydrogen-bond acceptors (Lipinski definition) is 4. The number of sulfonamides is 2. The van der Waals surface area contributed by atoms with Crippen molar-refractivity contribution >= 4 is 31.4 Å². The fourth-order valence-electron chi connectivity index (χ4n) is 2.82. The molecule has 1 aliphatic rings. The first kappa shape index (κ1) is 17.7. The van der Waals surface area contributed by atoms with E-state index >= 15 is 0 Å². The van der Waals surface area contributed by atoms with Gasteiger partial charge in [0, 0.05) is 12.2 Å². The van der Waals surface area contributed by atoms with Crippen LogP contribution in [-0.4, -0.2) is 29.6 Å². The number of hydrogen-bond donors (Lipinski definition) is 1. The molecule has 2 aromatic rings. The predicted molar refractivity (Wildman–Crippen MR) is 94.2 cm³/mol. The van der Waals surface area contributed by atoms with Crippen LogP contribution in [0.25, 0.3) is 0 Å². The molecule has 0 amide bonds. The third-order valence-corrected chi connectivity index (χ3v) is 6.47. The van der Waals surface area contributed by atoms with Crippen molar-refractivity contribution in [2.24, 2.45) is 0 Å². The highest BCUT2D eigenvalue weighted by Crippen LogP contribution is 2.32. The lowest BCUT2D eigenvalue weighted by molar-refractivity contribution is 0.591. The molecular formula is C16H17FN2O4S2. The lowest BCUT2D eigenvalue weighted by Gasteiger charge is -2.29. The number of nitrogens with one attached hydrogen (secondary N) is 1. The van der Waals surface area contributed by atoms with E-state index in [0.29, 0.717) is 30.8 Å². The molecule has 0 aromatic heterocycles. The Labute approximate surface area is 146 Å². The predicted octanol–water partition coefficient (Wildman–Crippen LogP) is 2.34. The second-order valence-electron chi connectivity index (χ2n) is 5.85. The van der Waals surface area contributed by atoms with Crippen LogP contribution >= 0.6 is 0 Å². The molecule has 1 N–H and O–H groups in total. The summed E-state index contributed by atoms with van der Waals surface area (Å²) in [6.07, 6.45) is 2.44. The van der Waals surface area contributed by atoms with Crippen molar-refractivity contribution in [1.29, 1.82) is 0 Å². The zero-order valence-electron chi connectivity index (χ0n) is 13.4. The summed E-state index contributed by atoms with van der Waals surface area (Å²) in [5.41, 5.74) is 1.61. The highest BCUT2D eigenvalue weighted by atomic mass is 32.2. The van der Waals surface area contributed by atoms with Crippen molar-refractivity contribution in [3.63, 3.8) is 0 Å². The summed E-state index contributed by atoms with van der Waals surface area (Å²) in [5.74, 6) is -0.642. The number of aryl methyl sites for hydroxylation is 1. The minimum atomic E-state index is -3.93. The Balaban J connectivity index is 1.93. The summed E-state index contributed by atoms with van der Waals surface area (Å²) in [4.78, 5) is -0.178. The monoisotopic (exact) mass is 384 g/mol. The molecule has 1 heterocycles. The zero-order valence-corrected chi connectivity index (χ0v) is 15.1. The van der Waals surface area contributed by atoms with E-state index in [-0.39, 0.29) is 4.90 Å². The molecule has 0 saturated heterocycles. The van der Waals surface area contributed by atoms with E-state index in [4.69, 9.17) is 0 Å². The highest BCUT2D eigenvalue weighted by molar-refractivity contribution is 7.92. The minimum absolute atomic E-state index is 0.178. The van der Waals surface area contributed by atoms with E-state index in [0.717, 1.165) is 24.0 Å². The van der Waals surface area contributed by atoms with Crippen LogP contribution in [0.2, 0.25) is 0 Å². The van der Waals surface area contributed by atoms with Crippen LogP contribution in [0.15, 0.2) is 47.4 Å². The Morgan fingerprint density at radius 1 is 1.08 bits per heavy atom. The third-order valence-electron chi connectivity index (χ3n) is 3.91. The van der Waals surface area contributed by atoms with Crippen LogP contribution in [0, 0.1) is 5.82 Å². The van der Waals surface area contributed by atoms with E-state index in [1.807, 2.05) is 0 Å². The Morgan fingerprint density at radius 3 is 2.52 bits per heavy atom. The quantitative estimate of drug-likeness (QED) is 0.877. The average Bonchev–Trinajstić information content (AvgIpc) is 2.53. The molecule has 0 spiro atoms. The normalized spacial score (nSPS) is 14.9. The number of anilines is 2. The average molecular weight is 384 g/mol. The van der Waals surface area contributed by atoms with Crippen LogP contribution < -0.4 is 9.03 Å². The van der Waals surface area contributed by atoms with E-state index in [1.54, 1.807) is 12.1 Å². The summed E-state index contributed by atoms with van der Waals surface area (Å²) in [5, 5.41) is 0. The maximum atomic E-state index is 13.3. The molecule has 0 unspecified atom stereocenters. The lowest BCUT2D eigenvalue weighted by Crippen LogP contribution is -2.34. The molecule has 134 valence electrons. The molecule has 9 heteroatoms. The smallest absolute Gasteiger partial charge is 0.261 e. The number of rotatable bonds is 4. The second-order valence-corrected chi connectivity index (χ2v) is 9.43. The Hall–Kier alpha value is -2.13. The molecule has 0 bridgehead atoms. The van der Waals surface area contributed by atoms with Gasteiger partial charge in [-0.3, -0.25) is 9.03 Å². The Bertz CT molecular complexity index is 1020. The van der Waals surface area contributed by atoms with Crippen LogP contribution in [0.4, 0.5) is 15.8 Å². The number of halogens is 1. The Morgan fingerprint density at radius 2 is 1.84 bits per heavy atom. The van der Waals surface area contributed by atoms with Crippen molar-refractivity contribution in [2.75, 3.05) is 21.8 Å². The van der Waals surface area contributed by atoms with Gasteiger partial charge in [0.15, 0.2) is 0 Å². The first-order valence-corrected chi connectivity index (χ1v) is 10.9. The molecule has 2 aromatic carbocycles. The first-order valence-electron chi connectivity index (χ1n) is 7.56. The minimum Gasteiger partial charge on any atom is -0.280 e. The summed E-state index contributed by atoms with van der Waals surface area (Å²) in [7, 11) is -7.31. The van der Waals surface area contributed by atoms with Gasteiger partial charge in [0.25, 0.3) is 10.0 Å². The van der Waals surface area contributed by atoms with Crippen molar-refractivity contribution in [2.45, 2.75) is 17.7 Å².